The minimum atomic E-state index is -4.11. The van der Waals surface area contributed by atoms with E-state index in [-0.39, 0.29) is 24.2 Å². The van der Waals surface area contributed by atoms with E-state index < -0.39 is 21.0 Å². The summed E-state index contributed by atoms with van der Waals surface area (Å²) in [6.45, 7) is 0.663. The summed E-state index contributed by atoms with van der Waals surface area (Å²) in [6, 6.07) is 11.9. The first-order valence-corrected chi connectivity index (χ1v) is 16.2. The lowest BCUT2D eigenvalue weighted by Crippen LogP contribution is -2.65. The number of anilines is 1. The summed E-state index contributed by atoms with van der Waals surface area (Å²) in [6.07, 6.45) is 7.24. The Balaban J connectivity index is 1.39. The summed E-state index contributed by atoms with van der Waals surface area (Å²) >= 11 is 18.8. The SMILES string of the molecule is O=C(N[N+]1(OS(=O)(=O)NC2CCCCC2)CCCCC1)C1=NN(c2ccc(Cl)cc2Cl)C(c2ccc(Cl)cc2)C1. The van der Waals surface area contributed by atoms with Gasteiger partial charge in [-0.2, -0.15) is 23.7 Å². The number of rotatable bonds is 8. The first-order chi connectivity index (χ1) is 19.1. The van der Waals surface area contributed by atoms with Gasteiger partial charge in [0.15, 0.2) is 0 Å². The van der Waals surface area contributed by atoms with E-state index in [1.165, 1.54) is 0 Å². The molecule has 1 atom stereocenters. The molecule has 0 bridgehead atoms. The molecule has 1 saturated carbocycles. The van der Waals surface area contributed by atoms with E-state index >= 15 is 0 Å². The number of quaternary nitrogens is 1. The minimum absolute atomic E-state index is 0.156. The van der Waals surface area contributed by atoms with E-state index in [1.807, 2.05) is 12.1 Å². The fourth-order valence-electron chi connectivity index (χ4n) is 5.59. The van der Waals surface area contributed by atoms with Gasteiger partial charge in [0.05, 0.1) is 16.8 Å². The second-order valence-electron chi connectivity index (χ2n) is 10.6. The van der Waals surface area contributed by atoms with Crippen molar-refractivity contribution >= 4 is 62.4 Å². The van der Waals surface area contributed by atoms with Gasteiger partial charge < -0.3 is 0 Å². The van der Waals surface area contributed by atoms with Crippen molar-refractivity contribution in [3.63, 3.8) is 0 Å². The predicted molar refractivity (Wildman–Crippen MR) is 157 cm³/mol. The first-order valence-electron chi connectivity index (χ1n) is 13.6. The minimum Gasteiger partial charge on any atom is -0.263 e. The molecule has 2 aromatic carbocycles. The average molecular weight is 630 g/mol. The van der Waals surface area contributed by atoms with Gasteiger partial charge >= 0.3 is 16.2 Å². The van der Waals surface area contributed by atoms with Crippen LogP contribution in [0, 0.1) is 0 Å². The summed E-state index contributed by atoms with van der Waals surface area (Å²) in [5.41, 5.74) is 4.58. The second-order valence-corrected chi connectivity index (χ2v) is 13.2. The van der Waals surface area contributed by atoms with Gasteiger partial charge in [0.25, 0.3) is 0 Å². The third kappa shape index (κ3) is 7.10. The molecule has 0 radical (unpaired) electrons. The lowest BCUT2D eigenvalue weighted by Gasteiger charge is -2.36. The molecule has 2 aliphatic heterocycles. The second kappa shape index (κ2) is 12.5. The van der Waals surface area contributed by atoms with Crippen molar-refractivity contribution in [1.29, 1.82) is 0 Å². The predicted octanol–water partition coefficient (Wildman–Crippen LogP) is 6.08. The summed E-state index contributed by atoms with van der Waals surface area (Å²) in [5.74, 6) is -0.499. The van der Waals surface area contributed by atoms with Crippen molar-refractivity contribution in [3.8, 4) is 0 Å². The van der Waals surface area contributed by atoms with Crippen LogP contribution in [0.3, 0.4) is 0 Å². The topological polar surface area (TPSA) is 100 Å². The van der Waals surface area contributed by atoms with Crippen LogP contribution in [0.2, 0.25) is 15.1 Å². The monoisotopic (exact) mass is 628 g/mol. The first kappa shape index (κ1) is 29.6. The van der Waals surface area contributed by atoms with Crippen molar-refractivity contribution in [3.05, 3.63) is 63.1 Å². The zero-order valence-electron chi connectivity index (χ0n) is 22.0. The van der Waals surface area contributed by atoms with Gasteiger partial charge in [-0.05, 0) is 59.4 Å². The molecule has 5 rings (SSSR count). The number of nitrogens with zero attached hydrogens (tertiary/aromatic N) is 3. The van der Waals surface area contributed by atoms with Crippen molar-refractivity contribution in [2.45, 2.75) is 69.9 Å². The van der Waals surface area contributed by atoms with Gasteiger partial charge in [0.1, 0.15) is 18.8 Å². The number of amides is 1. The van der Waals surface area contributed by atoms with Crippen LogP contribution in [-0.4, -0.2) is 43.9 Å². The molecule has 1 amide bonds. The Hall–Kier alpha value is -1.92. The van der Waals surface area contributed by atoms with Crippen molar-refractivity contribution in [2.75, 3.05) is 18.1 Å². The van der Waals surface area contributed by atoms with Gasteiger partial charge in [-0.25, -0.2) is 0 Å². The van der Waals surface area contributed by atoms with E-state index in [4.69, 9.17) is 39.1 Å². The number of nitrogens with one attached hydrogen (secondary N) is 2. The Morgan fingerprint density at radius 3 is 2.25 bits per heavy atom. The maximum atomic E-state index is 13.7. The Bertz CT molecular complexity index is 1360. The highest BCUT2D eigenvalue weighted by Crippen LogP contribution is 2.40. The number of hydrogen-bond acceptors (Lipinski definition) is 6. The molecule has 2 heterocycles. The van der Waals surface area contributed by atoms with Gasteiger partial charge in [-0.15, -0.1) is 0 Å². The average Bonchev–Trinajstić information content (AvgIpc) is 3.35. The Kier molecular flexibility index (Phi) is 9.26. The van der Waals surface area contributed by atoms with Crippen LogP contribution in [0.1, 0.15) is 69.4 Å². The molecule has 3 aliphatic rings. The zero-order valence-corrected chi connectivity index (χ0v) is 25.1. The molecule has 1 saturated heterocycles. The summed E-state index contributed by atoms with van der Waals surface area (Å²) < 4.78 is 34.0. The molecule has 2 fully saturated rings. The van der Waals surface area contributed by atoms with E-state index in [1.54, 1.807) is 35.3 Å². The summed E-state index contributed by atoms with van der Waals surface area (Å²) in [7, 11) is -4.11. The number of hydrazone groups is 1. The number of hydrogen-bond donors (Lipinski definition) is 2. The van der Waals surface area contributed by atoms with Crippen LogP contribution in [0.5, 0.6) is 0 Å². The molecule has 1 aliphatic carbocycles. The van der Waals surface area contributed by atoms with E-state index in [9.17, 15) is 13.2 Å². The van der Waals surface area contributed by atoms with Crippen molar-refractivity contribution < 1.29 is 22.3 Å². The quantitative estimate of drug-likeness (QED) is 0.345. The third-order valence-electron chi connectivity index (χ3n) is 7.58. The Labute approximate surface area is 250 Å². The molecule has 0 spiro atoms. The number of carbonyl (C=O) groups is 1. The number of carbonyl (C=O) groups excluding carboxylic acids is 1. The number of benzene rings is 2. The van der Waals surface area contributed by atoms with Gasteiger partial charge in [-0.3, -0.25) is 9.80 Å². The van der Waals surface area contributed by atoms with Crippen LogP contribution in [0.4, 0.5) is 5.69 Å². The fraction of sp³-hybridized carbons (Fsp3) is 0.481. The van der Waals surface area contributed by atoms with E-state index in [0.29, 0.717) is 46.7 Å². The van der Waals surface area contributed by atoms with Crippen LogP contribution >= 0.6 is 34.8 Å². The van der Waals surface area contributed by atoms with Crippen LogP contribution in [-0.2, 0) is 19.4 Å². The smallest absolute Gasteiger partial charge is 0.263 e. The van der Waals surface area contributed by atoms with Gasteiger partial charge in [0.2, 0.25) is 0 Å². The van der Waals surface area contributed by atoms with Crippen molar-refractivity contribution in [1.82, 2.24) is 10.1 Å². The third-order valence-corrected chi connectivity index (χ3v) is 9.48. The van der Waals surface area contributed by atoms with E-state index in [2.05, 4.69) is 15.2 Å². The molecular formula is C27H33Cl3N5O4S+. The lowest BCUT2D eigenvalue weighted by molar-refractivity contribution is -1.11. The Morgan fingerprint density at radius 1 is 0.925 bits per heavy atom. The maximum Gasteiger partial charge on any atom is 0.383 e. The molecule has 40 heavy (non-hydrogen) atoms. The molecule has 2 N–H and O–H groups in total. The van der Waals surface area contributed by atoms with E-state index in [0.717, 1.165) is 44.1 Å². The molecule has 0 aromatic heterocycles. The van der Waals surface area contributed by atoms with Crippen LogP contribution < -0.4 is 15.2 Å². The number of halogens is 3. The molecule has 2 aromatic rings. The standard InChI is InChI=1S/C27H32Cl3N5O4S/c28-20-11-9-19(10-12-20)26-18-24(31-34(26)25-14-13-21(29)17-23(25)30)27(36)32-35(15-5-2-6-16-35)39-40(37,38)33-22-7-3-1-4-8-22/h9-14,17,22,26,33H,1-8,15-16,18H2/p+1. The number of piperidine rings is 1. The summed E-state index contributed by atoms with van der Waals surface area (Å²) in [4.78, 5) is 13.7. The lowest BCUT2D eigenvalue weighted by atomic mass is 9.96. The van der Waals surface area contributed by atoms with Crippen molar-refractivity contribution in [2.24, 2.45) is 5.10 Å². The Morgan fingerprint density at radius 2 is 1.57 bits per heavy atom. The molecular weight excluding hydrogens is 597 g/mol. The zero-order chi connectivity index (χ0) is 28.3. The van der Waals surface area contributed by atoms with Crippen LogP contribution in [0.25, 0.3) is 0 Å². The highest BCUT2D eigenvalue weighted by Gasteiger charge is 2.43. The fourth-order valence-corrected chi connectivity index (χ4v) is 7.46. The van der Waals surface area contributed by atoms with Gasteiger partial charge in [0, 0.05) is 35.3 Å². The molecule has 216 valence electrons. The summed E-state index contributed by atoms with van der Waals surface area (Å²) in [5, 5.41) is 7.82. The molecule has 9 nitrogen and oxygen atoms in total. The largest absolute Gasteiger partial charge is 0.383 e. The highest BCUT2D eigenvalue weighted by atomic mass is 35.5. The molecule has 1 unspecified atom stereocenters. The highest BCUT2D eigenvalue weighted by molar-refractivity contribution is 7.84. The van der Waals surface area contributed by atoms with Crippen LogP contribution in [0.15, 0.2) is 47.6 Å². The number of hydroxylamine groups is 2. The maximum absolute atomic E-state index is 13.7. The normalized spacial score (nSPS) is 21.7. The molecule has 13 heteroatoms. The van der Waals surface area contributed by atoms with Gasteiger partial charge in [-0.1, -0.05) is 71.0 Å².